The van der Waals surface area contributed by atoms with Crippen LogP contribution in [-0.2, 0) is 10.8 Å². The van der Waals surface area contributed by atoms with Crippen LogP contribution in [0.25, 0.3) is 45.3 Å². The first-order chi connectivity index (χ1) is 27.4. The van der Waals surface area contributed by atoms with Gasteiger partial charge in [0.05, 0.1) is 17.0 Å². The van der Waals surface area contributed by atoms with Crippen molar-refractivity contribution in [3.05, 3.63) is 185 Å². The van der Waals surface area contributed by atoms with Crippen molar-refractivity contribution < 1.29 is 0 Å². The third-order valence-electron chi connectivity index (χ3n) is 13.0. The van der Waals surface area contributed by atoms with Crippen LogP contribution in [-0.4, -0.2) is 15.0 Å². The zero-order chi connectivity index (χ0) is 37.9. The molecule has 0 radical (unpaired) electrons. The highest BCUT2D eigenvalue weighted by molar-refractivity contribution is 5.88. The van der Waals surface area contributed by atoms with E-state index in [1.54, 1.807) is 0 Å². The second-order valence-electron chi connectivity index (χ2n) is 16.8. The van der Waals surface area contributed by atoms with Crippen LogP contribution in [0.1, 0.15) is 79.3 Å². The van der Waals surface area contributed by atoms with Crippen LogP contribution >= 0.6 is 0 Å². The third kappa shape index (κ3) is 5.60. The Kier molecular flexibility index (Phi) is 8.29. The molecule has 272 valence electrons. The first-order valence-electron chi connectivity index (χ1n) is 20.2. The molecule has 0 N–H and O–H groups in total. The van der Waals surface area contributed by atoms with E-state index in [4.69, 9.17) is 15.0 Å². The van der Waals surface area contributed by atoms with E-state index < -0.39 is 5.41 Å². The van der Waals surface area contributed by atoms with Crippen molar-refractivity contribution in [1.82, 2.24) is 15.0 Å². The summed E-state index contributed by atoms with van der Waals surface area (Å²) in [4.78, 5) is 15.1. The van der Waals surface area contributed by atoms with Crippen LogP contribution in [0.4, 0.5) is 0 Å². The summed E-state index contributed by atoms with van der Waals surface area (Å²) in [5.41, 5.74) is 11.6. The number of nitriles is 1. The van der Waals surface area contributed by atoms with Gasteiger partial charge in [-0.05, 0) is 112 Å². The van der Waals surface area contributed by atoms with Gasteiger partial charge in [0.15, 0.2) is 17.5 Å². The number of hydrogen-bond acceptors (Lipinski definition) is 4. The summed E-state index contributed by atoms with van der Waals surface area (Å²) in [5, 5.41) is 10.2. The van der Waals surface area contributed by atoms with Gasteiger partial charge in [0, 0.05) is 16.7 Å². The molecule has 1 aromatic heterocycles. The molecule has 4 nitrogen and oxygen atoms in total. The van der Waals surface area contributed by atoms with E-state index >= 15 is 0 Å². The average molecular weight is 725 g/mol. The molecule has 3 aliphatic carbocycles. The van der Waals surface area contributed by atoms with E-state index in [0.717, 1.165) is 45.6 Å². The molecule has 2 saturated carbocycles. The molecule has 4 heteroatoms. The molecule has 3 aliphatic rings. The molecule has 2 unspecified atom stereocenters. The van der Waals surface area contributed by atoms with Crippen LogP contribution < -0.4 is 0 Å². The first-order valence-corrected chi connectivity index (χ1v) is 20.2. The predicted molar refractivity (Wildman–Crippen MR) is 225 cm³/mol. The van der Waals surface area contributed by atoms with Gasteiger partial charge in [0.1, 0.15) is 0 Å². The van der Waals surface area contributed by atoms with Gasteiger partial charge in [-0.15, -0.1) is 0 Å². The molecule has 6 aromatic carbocycles. The van der Waals surface area contributed by atoms with Gasteiger partial charge < -0.3 is 0 Å². The summed E-state index contributed by atoms with van der Waals surface area (Å²) in [6, 6.07) is 56.2. The maximum Gasteiger partial charge on any atom is 0.164 e. The minimum Gasteiger partial charge on any atom is -0.208 e. The summed E-state index contributed by atoms with van der Waals surface area (Å²) < 4.78 is 0. The number of nitrogens with zero attached hydrogens (tertiary/aromatic N) is 4. The van der Waals surface area contributed by atoms with E-state index in [1.807, 2.05) is 72.8 Å². The van der Waals surface area contributed by atoms with Gasteiger partial charge in [0.25, 0.3) is 0 Å². The molecule has 7 aromatic rings. The predicted octanol–water partition coefficient (Wildman–Crippen LogP) is 12.2. The molecule has 0 saturated heterocycles. The van der Waals surface area contributed by atoms with Crippen molar-refractivity contribution in [1.29, 1.82) is 5.26 Å². The molecular weight excluding hydrogens is 681 g/mol. The van der Waals surface area contributed by atoms with Gasteiger partial charge >= 0.3 is 0 Å². The largest absolute Gasteiger partial charge is 0.208 e. The lowest BCUT2D eigenvalue weighted by atomic mass is 9.54. The van der Waals surface area contributed by atoms with Crippen molar-refractivity contribution in [2.24, 2.45) is 17.8 Å². The van der Waals surface area contributed by atoms with Crippen molar-refractivity contribution in [2.45, 2.75) is 56.8 Å². The van der Waals surface area contributed by atoms with E-state index in [0.29, 0.717) is 23.0 Å². The average Bonchev–Trinajstić information content (AvgIpc) is 3.54. The quantitative estimate of drug-likeness (QED) is 0.171. The topological polar surface area (TPSA) is 62.5 Å². The maximum atomic E-state index is 10.2. The Morgan fingerprint density at radius 3 is 1.71 bits per heavy atom. The van der Waals surface area contributed by atoms with Crippen LogP contribution in [0, 0.1) is 29.1 Å². The molecule has 56 heavy (non-hydrogen) atoms. The molecule has 1 heterocycles. The van der Waals surface area contributed by atoms with E-state index in [1.165, 1.54) is 59.9 Å². The smallest absolute Gasteiger partial charge is 0.164 e. The third-order valence-corrected chi connectivity index (χ3v) is 13.0. The SMILES string of the molecule is C[C@@H]1C[C@@H]2C[C@H](C)CC(c3ccc(C4(c5cccc(C#N)c5)c5ccccc5-c5cc(-c6nc(-c7ccccc7)nc(-c7ccccc7)n6)ccc54)cc3)(C1)C2. The molecular formula is C52H44N4. The summed E-state index contributed by atoms with van der Waals surface area (Å²) in [6.45, 7) is 4.93. The Hall–Kier alpha value is -6.18. The van der Waals surface area contributed by atoms with Crippen LogP contribution in [0.15, 0.2) is 152 Å². The highest BCUT2D eigenvalue weighted by Gasteiger charge is 2.48. The Morgan fingerprint density at radius 1 is 0.500 bits per heavy atom. The lowest BCUT2D eigenvalue weighted by Gasteiger charge is -2.50. The highest BCUT2D eigenvalue weighted by Crippen LogP contribution is 2.58. The van der Waals surface area contributed by atoms with Crippen molar-refractivity contribution in [3.8, 4) is 51.4 Å². The second-order valence-corrected chi connectivity index (χ2v) is 16.8. The Bertz CT molecular complexity index is 2550. The number of hydrogen-bond donors (Lipinski definition) is 0. The monoisotopic (exact) mass is 724 g/mol. The summed E-state index contributed by atoms with van der Waals surface area (Å²) in [6.07, 6.45) is 6.57. The lowest BCUT2D eigenvalue weighted by molar-refractivity contribution is 0.0780. The van der Waals surface area contributed by atoms with Crippen molar-refractivity contribution >= 4 is 0 Å². The minimum absolute atomic E-state index is 0.245. The first kappa shape index (κ1) is 34.3. The molecule has 2 bridgehead atoms. The summed E-state index contributed by atoms with van der Waals surface area (Å²) >= 11 is 0. The molecule has 10 rings (SSSR count). The normalized spacial score (nSPS) is 23.5. The summed E-state index contributed by atoms with van der Waals surface area (Å²) in [5.74, 6) is 4.24. The van der Waals surface area contributed by atoms with Crippen molar-refractivity contribution in [2.75, 3.05) is 0 Å². The fraction of sp³-hybridized carbons (Fsp3) is 0.231. The summed E-state index contributed by atoms with van der Waals surface area (Å²) in [7, 11) is 0. The fourth-order valence-electron chi connectivity index (χ4n) is 11.1. The van der Waals surface area contributed by atoms with Gasteiger partial charge in [-0.25, -0.2) is 15.0 Å². The van der Waals surface area contributed by atoms with Gasteiger partial charge in [-0.3, -0.25) is 0 Å². The van der Waals surface area contributed by atoms with Gasteiger partial charge in [-0.1, -0.05) is 147 Å². The highest BCUT2D eigenvalue weighted by atomic mass is 15.0. The molecule has 2 fully saturated rings. The molecule has 0 aliphatic heterocycles. The second kappa shape index (κ2) is 13.5. The number of aromatic nitrogens is 3. The maximum absolute atomic E-state index is 10.2. The Balaban J connectivity index is 1.16. The zero-order valence-corrected chi connectivity index (χ0v) is 32.0. The fourth-order valence-corrected chi connectivity index (χ4v) is 11.1. The van der Waals surface area contributed by atoms with Crippen LogP contribution in [0.2, 0.25) is 0 Å². The standard InChI is InChI=1S/C52H44N4/c1-34-26-37-27-35(2)31-51(30-34,32-37)41-21-23-42(24-22-41)52(43-17-11-12-36(28-43)33-53)46-19-10-9-18-44(46)45-29-40(20-25-47(45)52)50-55-48(38-13-5-3-6-14-38)54-49(56-50)39-15-7-4-8-16-39/h3-25,28-29,34-35,37H,26-27,30-32H2,1-2H3/t34-,35+,37-,51?,52?. The minimum atomic E-state index is -0.626. The Morgan fingerprint density at radius 2 is 1.07 bits per heavy atom. The number of benzene rings is 6. The van der Waals surface area contributed by atoms with Gasteiger partial charge in [0.2, 0.25) is 0 Å². The number of fused-ring (bicyclic) bond motifs is 5. The number of rotatable bonds is 6. The van der Waals surface area contributed by atoms with Crippen molar-refractivity contribution in [3.63, 3.8) is 0 Å². The van der Waals surface area contributed by atoms with E-state index in [-0.39, 0.29) is 5.41 Å². The zero-order valence-electron chi connectivity index (χ0n) is 32.0. The van der Waals surface area contributed by atoms with Crippen LogP contribution in [0.3, 0.4) is 0 Å². The van der Waals surface area contributed by atoms with E-state index in [2.05, 4.69) is 98.8 Å². The van der Waals surface area contributed by atoms with Crippen LogP contribution in [0.5, 0.6) is 0 Å². The molecule has 5 atom stereocenters. The molecule has 0 spiro atoms. The van der Waals surface area contributed by atoms with E-state index in [9.17, 15) is 5.26 Å². The lowest BCUT2D eigenvalue weighted by Crippen LogP contribution is -2.42. The van der Waals surface area contributed by atoms with Gasteiger partial charge in [-0.2, -0.15) is 5.26 Å². The Labute approximate surface area is 330 Å². The molecule has 0 amide bonds.